The van der Waals surface area contributed by atoms with Crippen LogP contribution in [0, 0.1) is 0 Å². The lowest BCUT2D eigenvalue weighted by Crippen LogP contribution is -2.17. The van der Waals surface area contributed by atoms with Gasteiger partial charge in [0.15, 0.2) is 11.7 Å². The van der Waals surface area contributed by atoms with Gasteiger partial charge >= 0.3 is 0 Å². The minimum Gasteiger partial charge on any atom is -0.497 e. The summed E-state index contributed by atoms with van der Waals surface area (Å²) in [7, 11) is 1.66. The molecule has 5 heteroatoms. The Morgan fingerprint density at radius 3 is 2.78 bits per heavy atom. The van der Waals surface area contributed by atoms with Crippen LogP contribution in [0.5, 0.6) is 5.75 Å². The largest absolute Gasteiger partial charge is 0.497 e. The highest BCUT2D eigenvalue weighted by Crippen LogP contribution is 2.24. The van der Waals surface area contributed by atoms with Crippen molar-refractivity contribution in [2.24, 2.45) is 4.99 Å². The summed E-state index contributed by atoms with van der Waals surface area (Å²) >= 11 is 0. The fourth-order valence-corrected chi connectivity index (χ4v) is 2.45. The molecule has 0 saturated carbocycles. The Morgan fingerprint density at radius 2 is 2.00 bits per heavy atom. The van der Waals surface area contributed by atoms with Crippen molar-refractivity contribution in [3.8, 4) is 5.75 Å². The molecule has 3 rings (SSSR count). The van der Waals surface area contributed by atoms with Crippen LogP contribution in [-0.4, -0.2) is 30.4 Å². The van der Waals surface area contributed by atoms with Gasteiger partial charge in [0.1, 0.15) is 5.75 Å². The second kappa shape index (κ2) is 7.05. The first kappa shape index (κ1) is 15.2. The molecule has 0 spiro atoms. The van der Waals surface area contributed by atoms with E-state index in [0.29, 0.717) is 23.8 Å². The van der Waals surface area contributed by atoms with Gasteiger partial charge in [0.05, 0.1) is 31.4 Å². The molecule has 1 aliphatic rings. The highest BCUT2D eigenvalue weighted by molar-refractivity contribution is 6.13. The van der Waals surface area contributed by atoms with Crippen molar-refractivity contribution in [1.82, 2.24) is 4.98 Å². The number of hydrogen-bond donors (Lipinski definition) is 0. The smallest absolute Gasteiger partial charge is 0.196 e. The van der Waals surface area contributed by atoms with Crippen LogP contribution in [0.1, 0.15) is 28.8 Å². The summed E-state index contributed by atoms with van der Waals surface area (Å²) in [6.45, 7) is 0.540. The van der Waals surface area contributed by atoms with Crippen LogP contribution in [0.2, 0.25) is 0 Å². The van der Waals surface area contributed by atoms with Gasteiger partial charge in [-0.2, -0.15) is 0 Å². The molecule has 0 aliphatic carbocycles. The van der Waals surface area contributed by atoms with Gasteiger partial charge in [0.2, 0.25) is 0 Å². The molecule has 0 saturated heterocycles. The van der Waals surface area contributed by atoms with E-state index in [1.807, 2.05) is 24.3 Å². The molecule has 0 amide bonds. The van der Waals surface area contributed by atoms with E-state index in [9.17, 15) is 4.79 Å². The van der Waals surface area contributed by atoms with E-state index in [0.717, 1.165) is 18.6 Å². The number of aryl methyl sites for hydroxylation is 1. The molecule has 1 aromatic carbocycles. The van der Waals surface area contributed by atoms with Crippen LogP contribution in [0.4, 0.5) is 5.69 Å². The van der Waals surface area contributed by atoms with Gasteiger partial charge < -0.3 is 9.47 Å². The van der Waals surface area contributed by atoms with Gasteiger partial charge in [-0.25, -0.2) is 4.99 Å². The summed E-state index contributed by atoms with van der Waals surface area (Å²) in [4.78, 5) is 20.3. The number of carbonyl (C=O) groups is 1. The number of aromatic nitrogens is 1. The van der Waals surface area contributed by atoms with Crippen LogP contribution in [0.15, 0.2) is 47.7 Å². The van der Waals surface area contributed by atoms with Crippen molar-refractivity contribution in [1.29, 1.82) is 0 Å². The number of ether oxygens (including phenoxy) is 2. The lowest BCUT2D eigenvalue weighted by Gasteiger charge is -2.14. The molecule has 118 valence electrons. The predicted octanol–water partition coefficient (Wildman–Crippen LogP) is 3.36. The average Bonchev–Trinajstić information content (AvgIpc) is 2.59. The normalized spacial score (nSPS) is 13.3. The van der Waals surface area contributed by atoms with Crippen LogP contribution in [0.25, 0.3) is 0 Å². The third-order valence-electron chi connectivity index (χ3n) is 3.69. The number of nitrogens with zero attached hydrogens (tertiary/aromatic N) is 2. The zero-order valence-corrected chi connectivity index (χ0v) is 13.0. The maximum absolute atomic E-state index is 12.0. The fourth-order valence-electron chi connectivity index (χ4n) is 2.45. The van der Waals surface area contributed by atoms with Gasteiger partial charge in [-0.05, 0) is 36.6 Å². The Bertz CT molecular complexity index is 723. The molecule has 1 aliphatic heterocycles. The fraction of sp³-hybridized carbons (Fsp3) is 0.278. The summed E-state index contributed by atoms with van der Waals surface area (Å²) in [6.07, 6.45) is 5.17. The van der Waals surface area contributed by atoms with Gasteiger partial charge in [-0.3, -0.25) is 9.78 Å². The average molecular weight is 310 g/mol. The maximum Gasteiger partial charge on any atom is 0.196 e. The van der Waals surface area contributed by atoms with Crippen molar-refractivity contribution in [3.05, 3.63) is 53.9 Å². The third kappa shape index (κ3) is 3.74. The highest BCUT2D eigenvalue weighted by atomic mass is 16.5. The lowest BCUT2D eigenvalue weighted by atomic mass is 10.1. The van der Waals surface area contributed by atoms with Crippen molar-refractivity contribution < 1.29 is 14.3 Å². The molecule has 1 aromatic heterocycles. The number of ketones is 1. The Morgan fingerprint density at radius 1 is 1.17 bits per heavy atom. The number of aliphatic imine (C=N–C) groups is 1. The van der Waals surface area contributed by atoms with E-state index in [4.69, 9.17) is 9.47 Å². The first-order valence-electron chi connectivity index (χ1n) is 7.57. The molecular weight excluding hydrogens is 292 g/mol. The first-order chi connectivity index (χ1) is 11.3. The molecule has 0 N–H and O–H groups in total. The second-order valence-corrected chi connectivity index (χ2v) is 5.30. The summed E-state index contributed by atoms with van der Waals surface area (Å²) < 4.78 is 10.8. The standard InChI is InChI=1S/C18H18N2O3/c1-22-14-6-4-13(5-7-14)3-2-10-23-18-11-17(21)15-12-19-9-8-16(15)20-18/h4-9,12H,2-3,10-11H2,1H3. The Hall–Kier alpha value is -2.69. The van der Waals surface area contributed by atoms with E-state index >= 15 is 0 Å². The summed E-state index contributed by atoms with van der Waals surface area (Å²) in [6, 6.07) is 9.72. The molecule has 0 atom stereocenters. The van der Waals surface area contributed by atoms with Crippen molar-refractivity contribution >= 4 is 17.4 Å². The first-order valence-corrected chi connectivity index (χ1v) is 7.57. The molecule has 5 nitrogen and oxygen atoms in total. The van der Waals surface area contributed by atoms with E-state index in [1.165, 1.54) is 5.56 Å². The van der Waals surface area contributed by atoms with Crippen molar-refractivity contribution in [2.75, 3.05) is 13.7 Å². The van der Waals surface area contributed by atoms with Gasteiger partial charge in [0, 0.05) is 12.4 Å². The Kier molecular flexibility index (Phi) is 4.66. The zero-order valence-electron chi connectivity index (χ0n) is 13.0. The number of fused-ring (bicyclic) bond motifs is 1. The summed E-state index contributed by atoms with van der Waals surface area (Å²) in [5.74, 6) is 1.35. The molecule has 2 heterocycles. The SMILES string of the molecule is COc1ccc(CCCOC2=Nc3ccncc3C(=O)C2)cc1. The van der Waals surface area contributed by atoms with E-state index in [-0.39, 0.29) is 12.2 Å². The van der Waals surface area contributed by atoms with E-state index < -0.39 is 0 Å². The lowest BCUT2D eigenvalue weighted by molar-refractivity contribution is 0.0990. The quantitative estimate of drug-likeness (QED) is 0.795. The molecule has 0 radical (unpaired) electrons. The number of methoxy groups -OCH3 is 1. The van der Waals surface area contributed by atoms with Crippen LogP contribution in [0.3, 0.4) is 0 Å². The molecule has 23 heavy (non-hydrogen) atoms. The van der Waals surface area contributed by atoms with Gasteiger partial charge in [-0.15, -0.1) is 0 Å². The Balaban J connectivity index is 1.51. The van der Waals surface area contributed by atoms with Crippen LogP contribution >= 0.6 is 0 Å². The third-order valence-corrected chi connectivity index (χ3v) is 3.69. The molecule has 0 fully saturated rings. The van der Waals surface area contributed by atoms with Crippen molar-refractivity contribution in [2.45, 2.75) is 19.3 Å². The monoisotopic (exact) mass is 310 g/mol. The molecular formula is C18H18N2O3. The molecule has 0 bridgehead atoms. The molecule has 0 unspecified atom stereocenters. The Labute approximate surface area is 135 Å². The summed E-state index contributed by atoms with van der Waals surface area (Å²) in [5, 5.41) is 0. The topological polar surface area (TPSA) is 60.8 Å². The minimum absolute atomic E-state index is 0.00764. The number of Topliss-reactive ketones (excluding diaryl/α,β-unsaturated/α-hetero) is 1. The number of hydrogen-bond acceptors (Lipinski definition) is 5. The maximum atomic E-state index is 12.0. The highest BCUT2D eigenvalue weighted by Gasteiger charge is 2.20. The van der Waals surface area contributed by atoms with Crippen LogP contribution in [-0.2, 0) is 11.2 Å². The number of carbonyl (C=O) groups excluding carboxylic acids is 1. The van der Waals surface area contributed by atoms with E-state index in [2.05, 4.69) is 9.98 Å². The summed E-state index contributed by atoms with van der Waals surface area (Å²) in [5.41, 5.74) is 2.44. The number of benzene rings is 1. The van der Waals surface area contributed by atoms with E-state index in [1.54, 1.807) is 25.6 Å². The number of rotatable bonds is 5. The zero-order chi connectivity index (χ0) is 16.1. The van der Waals surface area contributed by atoms with Crippen molar-refractivity contribution in [3.63, 3.8) is 0 Å². The van der Waals surface area contributed by atoms with Gasteiger partial charge in [-0.1, -0.05) is 12.1 Å². The second-order valence-electron chi connectivity index (χ2n) is 5.30. The predicted molar refractivity (Wildman–Crippen MR) is 87.5 cm³/mol. The number of pyridine rings is 1. The van der Waals surface area contributed by atoms with Gasteiger partial charge in [0.25, 0.3) is 0 Å². The molecule has 2 aromatic rings. The minimum atomic E-state index is 0.00764. The van der Waals surface area contributed by atoms with Crippen LogP contribution < -0.4 is 4.74 Å².